The number of rotatable bonds is 7. The molecule has 7 nitrogen and oxygen atoms in total. The number of carbonyl (C=O) groups excluding carboxylic acids is 2. The van der Waals surface area contributed by atoms with Gasteiger partial charge in [-0.25, -0.2) is 13.2 Å². The Morgan fingerprint density at radius 2 is 1.63 bits per heavy atom. The van der Waals surface area contributed by atoms with Crippen LogP contribution in [0.5, 0.6) is 0 Å². The van der Waals surface area contributed by atoms with Crippen LogP contribution in [0.1, 0.15) is 41.3 Å². The van der Waals surface area contributed by atoms with Gasteiger partial charge in [-0.1, -0.05) is 54.6 Å². The lowest BCUT2D eigenvalue weighted by atomic mass is 9.90. The van der Waals surface area contributed by atoms with Crippen LogP contribution in [0.4, 0.5) is 5.69 Å². The Labute approximate surface area is 224 Å². The zero-order chi connectivity index (χ0) is 26.7. The molecule has 2 heterocycles. The quantitative estimate of drug-likeness (QED) is 0.420. The normalized spacial score (nSPS) is 17.8. The van der Waals surface area contributed by atoms with Crippen LogP contribution < -0.4 is 4.31 Å². The summed E-state index contributed by atoms with van der Waals surface area (Å²) in [5.41, 5.74) is 3.03. The first kappa shape index (κ1) is 26.0. The number of benzene rings is 3. The van der Waals surface area contributed by atoms with Gasteiger partial charge in [0.25, 0.3) is 15.9 Å². The molecule has 5 rings (SSSR count). The SMILES string of the molecule is C[C@H]1Cc2ccccc2N1S(=O)(=O)c1cccc(C(=O)OCC(=O)N2CCC(Cc3ccccc3)CC2)c1. The molecule has 0 unspecified atom stereocenters. The molecule has 3 aromatic carbocycles. The van der Waals surface area contributed by atoms with E-state index < -0.39 is 16.0 Å². The Bertz CT molecular complexity index is 1420. The molecule has 0 aromatic heterocycles. The molecule has 1 saturated heterocycles. The van der Waals surface area contributed by atoms with Gasteiger partial charge in [0.2, 0.25) is 0 Å². The standard InChI is InChI=1S/C30H32N2O5S/c1-22-18-25-10-5-6-13-28(25)32(22)38(35,36)27-12-7-11-26(20-27)30(34)37-21-29(33)31-16-14-24(15-17-31)19-23-8-3-2-4-9-23/h2-13,20,22,24H,14-19,21H2,1H3/t22-/m0/s1. The van der Waals surface area contributed by atoms with Crippen molar-refractivity contribution in [3.05, 3.63) is 95.6 Å². The van der Waals surface area contributed by atoms with E-state index >= 15 is 0 Å². The Morgan fingerprint density at radius 3 is 2.39 bits per heavy atom. The van der Waals surface area contributed by atoms with Crippen molar-refractivity contribution in [2.75, 3.05) is 24.0 Å². The molecule has 1 amide bonds. The number of carbonyl (C=O) groups is 2. The molecule has 2 aliphatic heterocycles. The number of amides is 1. The molecule has 0 saturated carbocycles. The van der Waals surface area contributed by atoms with Crippen molar-refractivity contribution in [2.24, 2.45) is 5.92 Å². The van der Waals surface area contributed by atoms with Crippen molar-refractivity contribution >= 4 is 27.6 Å². The number of piperidine rings is 1. The van der Waals surface area contributed by atoms with E-state index in [0.717, 1.165) is 24.8 Å². The average Bonchev–Trinajstić information content (AvgIpc) is 3.29. The molecule has 0 N–H and O–H groups in total. The van der Waals surface area contributed by atoms with E-state index in [2.05, 4.69) is 12.1 Å². The molecule has 0 radical (unpaired) electrons. The highest BCUT2D eigenvalue weighted by Gasteiger charge is 2.36. The number of esters is 1. The van der Waals surface area contributed by atoms with Crippen LogP contribution in [0.3, 0.4) is 0 Å². The lowest BCUT2D eigenvalue weighted by molar-refractivity contribution is -0.135. The Morgan fingerprint density at radius 1 is 0.921 bits per heavy atom. The number of ether oxygens (including phenoxy) is 1. The van der Waals surface area contributed by atoms with Gasteiger partial charge in [-0.2, -0.15) is 0 Å². The lowest BCUT2D eigenvalue weighted by Gasteiger charge is -2.32. The number of hydrogen-bond donors (Lipinski definition) is 0. The minimum Gasteiger partial charge on any atom is -0.452 e. The second kappa shape index (κ2) is 11.0. The van der Waals surface area contributed by atoms with E-state index in [1.165, 1.54) is 34.1 Å². The van der Waals surface area contributed by atoms with Crippen molar-refractivity contribution in [2.45, 2.75) is 43.5 Å². The first-order valence-electron chi connectivity index (χ1n) is 13.0. The number of nitrogens with zero attached hydrogens (tertiary/aromatic N) is 2. The number of anilines is 1. The molecule has 1 atom stereocenters. The fourth-order valence-corrected chi connectivity index (χ4v) is 7.18. The third kappa shape index (κ3) is 5.45. The summed E-state index contributed by atoms with van der Waals surface area (Å²) in [6.07, 6.45) is 3.45. The highest BCUT2D eigenvalue weighted by Crippen LogP contribution is 2.36. The van der Waals surface area contributed by atoms with Crippen LogP contribution in [-0.2, 0) is 32.4 Å². The maximum Gasteiger partial charge on any atom is 0.338 e. The number of sulfonamides is 1. The zero-order valence-electron chi connectivity index (χ0n) is 21.5. The summed E-state index contributed by atoms with van der Waals surface area (Å²) in [5.74, 6) is -0.425. The Kier molecular flexibility index (Phi) is 7.51. The second-order valence-electron chi connectivity index (χ2n) is 10.1. The summed E-state index contributed by atoms with van der Waals surface area (Å²) in [5, 5.41) is 0. The molecule has 0 spiro atoms. The topological polar surface area (TPSA) is 84.0 Å². The van der Waals surface area contributed by atoms with Gasteiger partial charge in [0.15, 0.2) is 6.61 Å². The van der Waals surface area contributed by atoms with Gasteiger partial charge in [0.1, 0.15) is 0 Å². The molecule has 38 heavy (non-hydrogen) atoms. The van der Waals surface area contributed by atoms with Crippen LogP contribution in [-0.4, -0.2) is 50.9 Å². The van der Waals surface area contributed by atoms with Gasteiger partial charge < -0.3 is 9.64 Å². The molecule has 1 fully saturated rings. The first-order valence-corrected chi connectivity index (χ1v) is 14.5. The molecule has 0 aliphatic carbocycles. The van der Waals surface area contributed by atoms with Gasteiger partial charge in [-0.15, -0.1) is 0 Å². The molecule has 198 valence electrons. The minimum atomic E-state index is -3.88. The third-order valence-corrected chi connectivity index (χ3v) is 9.36. The smallest absolute Gasteiger partial charge is 0.338 e. The van der Waals surface area contributed by atoms with Gasteiger partial charge in [-0.05, 0) is 73.9 Å². The summed E-state index contributed by atoms with van der Waals surface area (Å²) in [6, 6.07) is 23.4. The van der Waals surface area contributed by atoms with E-state index in [1.807, 2.05) is 43.3 Å². The summed E-state index contributed by atoms with van der Waals surface area (Å²) in [6.45, 7) is 2.77. The number of fused-ring (bicyclic) bond motifs is 1. The number of likely N-dealkylation sites (tertiary alicyclic amines) is 1. The van der Waals surface area contributed by atoms with Crippen molar-refractivity contribution in [1.29, 1.82) is 0 Å². The molecular weight excluding hydrogens is 500 g/mol. The van der Waals surface area contributed by atoms with Gasteiger partial charge in [-0.3, -0.25) is 9.10 Å². The van der Waals surface area contributed by atoms with Crippen LogP contribution in [0, 0.1) is 5.92 Å². The Hall–Kier alpha value is -3.65. The second-order valence-corrected chi connectivity index (χ2v) is 11.9. The largest absolute Gasteiger partial charge is 0.452 e. The maximum absolute atomic E-state index is 13.5. The fraction of sp³-hybridized carbons (Fsp3) is 0.333. The summed E-state index contributed by atoms with van der Waals surface area (Å²) < 4.78 is 33.7. The van der Waals surface area contributed by atoms with Crippen LogP contribution >= 0.6 is 0 Å². The zero-order valence-corrected chi connectivity index (χ0v) is 22.3. The van der Waals surface area contributed by atoms with Crippen LogP contribution in [0.15, 0.2) is 83.8 Å². The monoisotopic (exact) mass is 532 g/mol. The predicted molar refractivity (Wildman–Crippen MR) is 145 cm³/mol. The van der Waals surface area contributed by atoms with Crippen molar-refractivity contribution in [1.82, 2.24) is 4.90 Å². The van der Waals surface area contributed by atoms with Crippen molar-refractivity contribution in [3.8, 4) is 0 Å². The third-order valence-electron chi connectivity index (χ3n) is 7.43. The first-order chi connectivity index (χ1) is 18.3. The molecule has 8 heteroatoms. The minimum absolute atomic E-state index is 0.0160. The van der Waals surface area contributed by atoms with Crippen molar-refractivity contribution in [3.63, 3.8) is 0 Å². The van der Waals surface area contributed by atoms with Gasteiger partial charge in [0, 0.05) is 19.1 Å². The van der Waals surface area contributed by atoms with Crippen molar-refractivity contribution < 1.29 is 22.7 Å². The summed E-state index contributed by atoms with van der Waals surface area (Å²) in [7, 11) is -3.88. The highest BCUT2D eigenvalue weighted by atomic mass is 32.2. The highest BCUT2D eigenvalue weighted by molar-refractivity contribution is 7.92. The predicted octanol–water partition coefficient (Wildman–Crippen LogP) is 4.46. The van der Waals surface area contributed by atoms with E-state index in [4.69, 9.17) is 4.74 Å². The number of hydrogen-bond acceptors (Lipinski definition) is 5. The maximum atomic E-state index is 13.5. The fourth-order valence-electron chi connectivity index (χ4n) is 5.44. The van der Waals surface area contributed by atoms with Gasteiger partial charge >= 0.3 is 5.97 Å². The Balaban J connectivity index is 1.18. The lowest BCUT2D eigenvalue weighted by Crippen LogP contribution is -2.41. The van der Waals surface area contributed by atoms with Gasteiger partial charge in [0.05, 0.1) is 16.1 Å². The number of para-hydroxylation sites is 1. The molecule has 0 bridgehead atoms. The summed E-state index contributed by atoms with van der Waals surface area (Å²) >= 11 is 0. The van der Waals surface area contributed by atoms with E-state index in [0.29, 0.717) is 31.1 Å². The molecule has 2 aliphatic rings. The van der Waals surface area contributed by atoms with E-state index in [-0.39, 0.29) is 29.0 Å². The molecule has 3 aromatic rings. The molecular formula is C30H32N2O5S. The van der Waals surface area contributed by atoms with E-state index in [1.54, 1.807) is 11.0 Å². The van der Waals surface area contributed by atoms with Crippen LogP contribution in [0.2, 0.25) is 0 Å². The van der Waals surface area contributed by atoms with Crippen LogP contribution in [0.25, 0.3) is 0 Å². The average molecular weight is 533 g/mol. The summed E-state index contributed by atoms with van der Waals surface area (Å²) in [4.78, 5) is 27.2. The van der Waals surface area contributed by atoms with E-state index in [9.17, 15) is 18.0 Å².